The number of benzene rings is 1. The van der Waals surface area contributed by atoms with Gasteiger partial charge in [0.05, 0.1) is 6.10 Å². The molecule has 1 aliphatic heterocycles. The van der Waals surface area contributed by atoms with Gasteiger partial charge in [0, 0.05) is 25.6 Å². The summed E-state index contributed by atoms with van der Waals surface area (Å²) in [5, 5.41) is 15.6. The molecule has 1 fully saturated rings. The van der Waals surface area contributed by atoms with Crippen LogP contribution in [0, 0.1) is 12.8 Å². The summed E-state index contributed by atoms with van der Waals surface area (Å²) in [4.78, 5) is 12.0. The molecule has 2 rings (SSSR count). The minimum atomic E-state index is -0.552. The van der Waals surface area contributed by atoms with E-state index in [2.05, 4.69) is 10.6 Å². The summed E-state index contributed by atoms with van der Waals surface area (Å²) in [6.07, 6.45) is -0.938. The maximum Gasteiger partial charge on any atom is 0.260 e. The molecule has 0 saturated carbocycles. The van der Waals surface area contributed by atoms with E-state index in [-0.39, 0.29) is 30.3 Å². The molecule has 0 spiro atoms. The zero-order valence-electron chi connectivity index (χ0n) is 12.3. The zero-order chi connectivity index (χ0) is 14.5. The number of ether oxygens (including phenoxy) is 1. The van der Waals surface area contributed by atoms with Gasteiger partial charge in [-0.2, -0.15) is 0 Å². The Morgan fingerprint density at radius 3 is 2.90 bits per heavy atom. The first-order chi connectivity index (χ1) is 9.56. The van der Waals surface area contributed by atoms with Crippen molar-refractivity contribution in [3.05, 3.63) is 29.8 Å². The van der Waals surface area contributed by atoms with Crippen molar-refractivity contribution < 1.29 is 14.6 Å². The maximum absolute atomic E-state index is 12.0. The molecule has 1 aromatic rings. The number of nitrogens with one attached hydrogen (secondary N) is 2. The SMILES string of the molecule is Cc1cccc(OC(C)C(=O)NCC2CNCC2O)c1.Cl. The van der Waals surface area contributed by atoms with Crippen LogP contribution >= 0.6 is 12.4 Å². The molecule has 0 bridgehead atoms. The van der Waals surface area contributed by atoms with Crippen molar-refractivity contribution in [2.45, 2.75) is 26.1 Å². The third kappa shape index (κ3) is 5.19. The van der Waals surface area contributed by atoms with Gasteiger partial charge in [-0.05, 0) is 31.5 Å². The zero-order valence-corrected chi connectivity index (χ0v) is 13.2. The number of amides is 1. The van der Waals surface area contributed by atoms with Crippen LogP contribution in [0.3, 0.4) is 0 Å². The fourth-order valence-corrected chi connectivity index (χ4v) is 2.25. The lowest BCUT2D eigenvalue weighted by atomic mass is 10.1. The van der Waals surface area contributed by atoms with E-state index in [0.717, 1.165) is 12.1 Å². The lowest BCUT2D eigenvalue weighted by Crippen LogP contribution is -2.41. The lowest BCUT2D eigenvalue weighted by Gasteiger charge is -2.18. The van der Waals surface area contributed by atoms with Crippen LogP contribution in [-0.4, -0.2) is 42.9 Å². The Labute approximate surface area is 131 Å². The van der Waals surface area contributed by atoms with Crippen molar-refractivity contribution in [1.29, 1.82) is 0 Å². The summed E-state index contributed by atoms with van der Waals surface area (Å²) >= 11 is 0. The summed E-state index contributed by atoms with van der Waals surface area (Å²) < 4.78 is 5.61. The molecule has 1 aliphatic rings. The Morgan fingerprint density at radius 1 is 1.52 bits per heavy atom. The van der Waals surface area contributed by atoms with Gasteiger partial charge in [-0.1, -0.05) is 12.1 Å². The molecule has 1 aromatic carbocycles. The number of rotatable bonds is 5. The second kappa shape index (κ2) is 8.22. The largest absolute Gasteiger partial charge is 0.481 e. The summed E-state index contributed by atoms with van der Waals surface area (Å²) in [7, 11) is 0. The smallest absolute Gasteiger partial charge is 0.260 e. The number of carbonyl (C=O) groups is 1. The second-order valence-electron chi connectivity index (χ2n) is 5.31. The van der Waals surface area contributed by atoms with Gasteiger partial charge in [0.15, 0.2) is 6.10 Å². The molecule has 0 radical (unpaired) electrons. The minimum Gasteiger partial charge on any atom is -0.481 e. The molecular formula is C15H23ClN2O3. The highest BCUT2D eigenvalue weighted by molar-refractivity contribution is 5.85. The number of hydrogen-bond acceptors (Lipinski definition) is 4. The number of aliphatic hydroxyl groups is 1. The summed E-state index contributed by atoms with van der Waals surface area (Å²) in [5.74, 6) is 0.603. The van der Waals surface area contributed by atoms with Gasteiger partial charge in [0.2, 0.25) is 0 Å². The highest BCUT2D eigenvalue weighted by atomic mass is 35.5. The molecular weight excluding hydrogens is 292 g/mol. The molecule has 5 nitrogen and oxygen atoms in total. The molecule has 3 unspecified atom stereocenters. The number of hydrogen-bond donors (Lipinski definition) is 3. The normalized spacial score (nSPS) is 22.2. The van der Waals surface area contributed by atoms with Crippen LogP contribution in [0.15, 0.2) is 24.3 Å². The molecule has 3 N–H and O–H groups in total. The molecule has 1 heterocycles. The number of carbonyl (C=O) groups excluding carboxylic acids is 1. The third-order valence-electron chi connectivity index (χ3n) is 3.51. The van der Waals surface area contributed by atoms with E-state index in [1.807, 2.05) is 31.2 Å². The van der Waals surface area contributed by atoms with Gasteiger partial charge in [-0.3, -0.25) is 4.79 Å². The van der Waals surface area contributed by atoms with Crippen LogP contribution in [0.2, 0.25) is 0 Å². The average molecular weight is 315 g/mol. The summed E-state index contributed by atoms with van der Waals surface area (Å²) in [6, 6.07) is 7.61. The summed E-state index contributed by atoms with van der Waals surface area (Å²) in [5.41, 5.74) is 1.09. The molecule has 6 heteroatoms. The molecule has 118 valence electrons. The fourth-order valence-electron chi connectivity index (χ4n) is 2.25. The molecule has 3 atom stereocenters. The first-order valence-corrected chi connectivity index (χ1v) is 6.96. The standard InChI is InChI=1S/C15H22N2O3.ClH/c1-10-4-3-5-13(6-10)20-11(2)15(19)17-8-12-7-16-9-14(12)18;/h3-6,11-12,14,16,18H,7-9H2,1-2H3,(H,17,19);1H. The second-order valence-corrected chi connectivity index (χ2v) is 5.31. The number of aliphatic hydroxyl groups excluding tert-OH is 1. The van der Waals surface area contributed by atoms with E-state index in [9.17, 15) is 9.90 Å². The molecule has 1 amide bonds. The van der Waals surface area contributed by atoms with Crippen molar-refractivity contribution in [3.63, 3.8) is 0 Å². The van der Waals surface area contributed by atoms with Crippen molar-refractivity contribution in [2.24, 2.45) is 5.92 Å². The molecule has 0 aromatic heterocycles. The topological polar surface area (TPSA) is 70.6 Å². The summed E-state index contributed by atoms with van der Waals surface area (Å²) in [6.45, 7) is 5.49. The number of β-amino-alcohol motifs (C(OH)–C–C–N with tert-alkyl or cyclic N) is 1. The van der Waals surface area contributed by atoms with E-state index in [4.69, 9.17) is 4.74 Å². The molecule has 0 aliphatic carbocycles. The molecule has 21 heavy (non-hydrogen) atoms. The first-order valence-electron chi connectivity index (χ1n) is 6.96. The van der Waals surface area contributed by atoms with E-state index in [1.165, 1.54) is 0 Å². The van der Waals surface area contributed by atoms with Crippen molar-refractivity contribution in [1.82, 2.24) is 10.6 Å². The molecule has 1 saturated heterocycles. The Hall–Kier alpha value is -1.30. The highest BCUT2D eigenvalue weighted by Crippen LogP contribution is 2.14. The average Bonchev–Trinajstić information content (AvgIpc) is 2.81. The van der Waals surface area contributed by atoms with E-state index in [0.29, 0.717) is 18.8 Å². The van der Waals surface area contributed by atoms with E-state index in [1.54, 1.807) is 6.92 Å². The first kappa shape index (κ1) is 17.8. The van der Waals surface area contributed by atoms with Gasteiger partial charge in [0.1, 0.15) is 5.75 Å². The quantitative estimate of drug-likeness (QED) is 0.754. The lowest BCUT2D eigenvalue weighted by molar-refractivity contribution is -0.127. The van der Waals surface area contributed by atoms with Crippen LogP contribution in [-0.2, 0) is 4.79 Å². The van der Waals surface area contributed by atoms with E-state index >= 15 is 0 Å². The maximum atomic E-state index is 12.0. The van der Waals surface area contributed by atoms with Gasteiger partial charge in [0.25, 0.3) is 5.91 Å². The third-order valence-corrected chi connectivity index (χ3v) is 3.51. The van der Waals surface area contributed by atoms with Crippen molar-refractivity contribution >= 4 is 18.3 Å². The fraction of sp³-hybridized carbons (Fsp3) is 0.533. The van der Waals surface area contributed by atoms with Gasteiger partial charge in [-0.25, -0.2) is 0 Å². The predicted molar refractivity (Wildman–Crippen MR) is 83.9 cm³/mol. The van der Waals surface area contributed by atoms with Gasteiger partial charge < -0.3 is 20.5 Å². The van der Waals surface area contributed by atoms with Crippen LogP contribution < -0.4 is 15.4 Å². The van der Waals surface area contributed by atoms with Gasteiger partial charge >= 0.3 is 0 Å². The van der Waals surface area contributed by atoms with Crippen LogP contribution in [0.25, 0.3) is 0 Å². The monoisotopic (exact) mass is 314 g/mol. The van der Waals surface area contributed by atoms with Gasteiger partial charge in [-0.15, -0.1) is 12.4 Å². The van der Waals surface area contributed by atoms with Crippen LogP contribution in [0.1, 0.15) is 12.5 Å². The Balaban J connectivity index is 0.00000220. The Morgan fingerprint density at radius 2 is 2.29 bits per heavy atom. The Bertz CT molecular complexity index is 470. The number of aryl methyl sites for hydroxylation is 1. The number of halogens is 1. The Kier molecular flexibility index (Phi) is 6.95. The van der Waals surface area contributed by atoms with Crippen molar-refractivity contribution in [2.75, 3.05) is 19.6 Å². The minimum absolute atomic E-state index is 0. The van der Waals surface area contributed by atoms with Crippen LogP contribution in [0.5, 0.6) is 5.75 Å². The van der Waals surface area contributed by atoms with Crippen LogP contribution in [0.4, 0.5) is 0 Å². The van der Waals surface area contributed by atoms with Crippen molar-refractivity contribution in [3.8, 4) is 5.75 Å². The van der Waals surface area contributed by atoms with E-state index < -0.39 is 6.10 Å². The predicted octanol–water partition coefficient (Wildman–Crippen LogP) is 0.881. The highest BCUT2D eigenvalue weighted by Gasteiger charge is 2.26.